The van der Waals surface area contributed by atoms with Gasteiger partial charge in [0, 0.05) is 31.3 Å². The molecule has 6 nitrogen and oxygen atoms in total. The molecule has 1 aromatic carbocycles. The molecule has 2 aromatic rings. The van der Waals surface area contributed by atoms with Gasteiger partial charge >= 0.3 is 0 Å². The average Bonchev–Trinajstić information content (AvgIpc) is 3.04. The van der Waals surface area contributed by atoms with Gasteiger partial charge in [0.05, 0.1) is 11.4 Å². The Morgan fingerprint density at radius 1 is 1.30 bits per heavy atom. The summed E-state index contributed by atoms with van der Waals surface area (Å²) in [4.78, 5) is 23.8. The van der Waals surface area contributed by atoms with E-state index in [1.54, 1.807) is 10.9 Å². The van der Waals surface area contributed by atoms with E-state index in [4.69, 9.17) is 0 Å². The summed E-state index contributed by atoms with van der Waals surface area (Å²) < 4.78 is 1.70. The van der Waals surface area contributed by atoms with Crippen LogP contribution in [-0.2, 0) is 9.59 Å². The van der Waals surface area contributed by atoms with E-state index in [-0.39, 0.29) is 24.2 Å². The van der Waals surface area contributed by atoms with Crippen molar-refractivity contribution in [3.8, 4) is 5.69 Å². The van der Waals surface area contributed by atoms with Crippen molar-refractivity contribution in [3.63, 3.8) is 0 Å². The van der Waals surface area contributed by atoms with E-state index in [9.17, 15) is 9.59 Å². The number of aromatic nitrogens is 2. The van der Waals surface area contributed by atoms with Crippen molar-refractivity contribution in [1.82, 2.24) is 15.1 Å². The van der Waals surface area contributed by atoms with E-state index in [2.05, 4.69) is 22.7 Å². The second-order valence-electron chi connectivity index (χ2n) is 5.88. The Hall–Kier alpha value is -2.63. The SMILES string of the molecule is CC1CC1C(=O)NCCC(=O)Nc1ccccc1-n1cccn1. The summed E-state index contributed by atoms with van der Waals surface area (Å²) in [5.41, 5.74) is 1.50. The Morgan fingerprint density at radius 3 is 2.78 bits per heavy atom. The number of benzene rings is 1. The number of anilines is 1. The minimum absolute atomic E-state index is 0.0576. The molecule has 6 heteroatoms. The van der Waals surface area contributed by atoms with E-state index < -0.39 is 0 Å². The minimum Gasteiger partial charge on any atom is -0.355 e. The van der Waals surface area contributed by atoms with Crippen molar-refractivity contribution in [2.75, 3.05) is 11.9 Å². The van der Waals surface area contributed by atoms with Crippen LogP contribution < -0.4 is 10.6 Å². The Morgan fingerprint density at radius 2 is 2.09 bits per heavy atom. The molecule has 2 atom stereocenters. The number of hydrogen-bond acceptors (Lipinski definition) is 3. The van der Waals surface area contributed by atoms with Crippen LogP contribution in [0.4, 0.5) is 5.69 Å². The number of nitrogens with zero attached hydrogens (tertiary/aromatic N) is 2. The van der Waals surface area contributed by atoms with Gasteiger partial charge in [-0.25, -0.2) is 4.68 Å². The topological polar surface area (TPSA) is 76.0 Å². The molecule has 1 fully saturated rings. The summed E-state index contributed by atoms with van der Waals surface area (Å²) >= 11 is 0. The number of carbonyl (C=O) groups is 2. The molecule has 1 saturated carbocycles. The molecule has 1 aliphatic carbocycles. The molecule has 2 amide bonds. The average molecular weight is 312 g/mol. The molecule has 0 aliphatic heterocycles. The quantitative estimate of drug-likeness (QED) is 0.856. The standard InChI is InChI=1S/C17H20N4O2/c1-12-11-13(12)17(23)18-9-7-16(22)20-14-5-2-3-6-15(14)21-10-4-8-19-21/h2-6,8,10,12-13H,7,9,11H2,1H3,(H,18,23)(H,20,22). The van der Waals surface area contributed by atoms with Crippen molar-refractivity contribution < 1.29 is 9.59 Å². The molecule has 1 aromatic heterocycles. The summed E-state index contributed by atoms with van der Waals surface area (Å²) in [6, 6.07) is 9.30. The number of para-hydroxylation sites is 2. The molecule has 2 unspecified atom stereocenters. The van der Waals surface area contributed by atoms with Crippen LogP contribution >= 0.6 is 0 Å². The van der Waals surface area contributed by atoms with E-state index in [1.807, 2.05) is 36.5 Å². The third-order valence-electron chi connectivity index (χ3n) is 4.03. The molecular weight excluding hydrogens is 292 g/mol. The lowest BCUT2D eigenvalue weighted by Gasteiger charge is -2.11. The van der Waals surface area contributed by atoms with Crippen LogP contribution in [0.15, 0.2) is 42.7 Å². The van der Waals surface area contributed by atoms with Gasteiger partial charge in [0.2, 0.25) is 11.8 Å². The maximum atomic E-state index is 12.1. The molecule has 0 saturated heterocycles. The van der Waals surface area contributed by atoms with Gasteiger partial charge < -0.3 is 10.6 Å². The second-order valence-corrected chi connectivity index (χ2v) is 5.88. The fourth-order valence-corrected chi connectivity index (χ4v) is 2.52. The van der Waals surface area contributed by atoms with Crippen LogP contribution in [0.25, 0.3) is 5.69 Å². The van der Waals surface area contributed by atoms with Crippen molar-refractivity contribution in [1.29, 1.82) is 0 Å². The van der Waals surface area contributed by atoms with E-state index in [1.165, 1.54) is 0 Å². The summed E-state index contributed by atoms with van der Waals surface area (Å²) in [7, 11) is 0. The summed E-state index contributed by atoms with van der Waals surface area (Å²) in [5, 5.41) is 9.87. The summed E-state index contributed by atoms with van der Waals surface area (Å²) in [5.74, 6) is 0.541. The van der Waals surface area contributed by atoms with E-state index in [0.29, 0.717) is 18.2 Å². The van der Waals surface area contributed by atoms with E-state index >= 15 is 0 Å². The first-order valence-electron chi connectivity index (χ1n) is 7.82. The van der Waals surface area contributed by atoms with Crippen molar-refractivity contribution in [3.05, 3.63) is 42.7 Å². The number of amides is 2. The van der Waals surface area contributed by atoms with E-state index in [0.717, 1.165) is 12.1 Å². The molecule has 3 rings (SSSR count). The fourth-order valence-electron chi connectivity index (χ4n) is 2.52. The smallest absolute Gasteiger partial charge is 0.226 e. The first kappa shape index (κ1) is 15.3. The van der Waals surface area contributed by atoms with Crippen LogP contribution in [0.5, 0.6) is 0 Å². The lowest BCUT2D eigenvalue weighted by molar-refractivity contribution is -0.122. The van der Waals surface area contributed by atoms with Gasteiger partial charge in [0.15, 0.2) is 0 Å². The molecule has 1 aliphatic rings. The molecule has 0 bridgehead atoms. The number of hydrogen-bond donors (Lipinski definition) is 2. The minimum atomic E-state index is -0.131. The van der Waals surface area contributed by atoms with Crippen LogP contribution in [0, 0.1) is 11.8 Å². The highest BCUT2D eigenvalue weighted by Gasteiger charge is 2.38. The Balaban J connectivity index is 1.53. The molecule has 1 heterocycles. The number of rotatable bonds is 6. The van der Waals surface area contributed by atoms with Gasteiger partial charge in [-0.05, 0) is 30.5 Å². The van der Waals surface area contributed by atoms with Crippen molar-refractivity contribution in [2.24, 2.45) is 11.8 Å². The number of nitrogens with one attached hydrogen (secondary N) is 2. The van der Waals surface area contributed by atoms with Gasteiger partial charge in [-0.2, -0.15) is 5.10 Å². The largest absolute Gasteiger partial charge is 0.355 e. The Labute approximate surface area is 134 Å². The highest BCUT2D eigenvalue weighted by molar-refractivity contribution is 5.93. The van der Waals surface area contributed by atoms with Crippen LogP contribution in [0.2, 0.25) is 0 Å². The summed E-state index contributed by atoms with van der Waals surface area (Å²) in [6.07, 6.45) is 4.71. The van der Waals surface area contributed by atoms with Gasteiger partial charge in [0.1, 0.15) is 0 Å². The van der Waals surface area contributed by atoms with Gasteiger partial charge in [-0.15, -0.1) is 0 Å². The van der Waals surface area contributed by atoms with Gasteiger partial charge in [-0.3, -0.25) is 9.59 Å². The second kappa shape index (κ2) is 6.64. The molecular formula is C17H20N4O2. The zero-order valence-corrected chi connectivity index (χ0v) is 13.0. The van der Waals surface area contributed by atoms with Crippen LogP contribution in [-0.4, -0.2) is 28.1 Å². The first-order chi connectivity index (χ1) is 11.1. The van der Waals surface area contributed by atoms with Crippen LogP contribution in [0.3, 0.4) is 0 Å². The highest BCUT2D eigenvalue weighted by atomic mass is 16.2. The molecule has 2 N–H and O–H groups in total. The third kappa shape index (κ3) is 3.77. The maximum Gasteiger partial charge on any atom is 0.226 e. The molecule has 0 spiro atoms. The monoisotopic (exact) mass is 312 g/mol. The van der Waals surface area contributed by atoms with Crippen LogP contribution in [0.1, 0.15) is 19.8 Å². The lowest BCUT2D eigenvalue weighted by Crippen LogP contribution is -2.29. The lowest BCUT2D eigenvalue weighted by atomic mass is 10.2. The first-order valence-corrected chi connectivity index (χ1v) is 7.82. The molecule has 0 radical (unpaired) electrons. The Kier molecular flexibility index (Phi) is 4.41. The normalized spacial score (nSPS) is 19.2. The number of carbonyl (C=O) groups excluding carboxylic acids is 2. The maximum absolute atomic E-state index is 12.1. The summed E-state index contributed by atoms with van der Waals surface area (Å²) in [6.45, 7) is 2.42. The van der Waals surface area contributed by atoms with Crippen molar-refractivity contribution in [2.45, 2.75) is 19.8 Å². The highest BCUT2D eigenvalue weighted by Crippen LogP contribution is 2.37. The predicted molar refractivity (Wildman–Crippen MR) is 87.1 cm³/mol. The van der Waals surface area contributed by atoms with Gasteiger partial charge in [0.25, 0.3) is 0 Å². The zero-order chi connectivity index (χ0) is 16.2. The Bertz CT molecular complexity index is 696. The molecule has 120 valence electrons. The fraction of sp³-hybridized carbons (Fsp3) is 0.353. The predicted octanol–water partition coefficient (Wildman–Crippen LogP) is 1.97. The van der Waals surface area contributed by atoms with Crippen molar-refractivity contribution >= 4 is 17.5 Å². The zero-order valence-electron chi connectivity index (χ0n) is 13.0. The molecule has 23 heavy (non-hydrogen) atoms. The van der Waals surface area contributed by atoms with Gasteiger partial charge in [-0.1, -0.05) is 19.1 Å². The third-order valence-corrected chi connectivity index (χ3v) is 4.03.